The number of rotatable bonds is 6. The highest BCUT2D eigenvalue weighted by Crippen LogP contribution is 2.30. The van der Waals surface area contributed by atoms with E-state index in [1.54, 1.807) is 0 Å². The normalized spacial score (nSPS) is 19.2. The Bertz CT molecular complexity index is 944. The minimum Gasteiger partial charge on any atom is -0.344 e. The first kappa shape index (κ1) is 19.2. The average Bonchev–Trinajstić information content (AvgIpc) is 3.20. The van der Waals surface area contributed by atoms with Crippen LogP contribution in [0.5, 0.6) is 0 Å². The summed E-state index contributed by atoms with van der Waals surface area (Å²) < 4.78 is 27.6. The summed E-state index contributed by atoms with van der Waals surface area (Å²) in [5.74, 6) is 1.53. The Morgan fingerprint density at radius 2 is 2.04 bits per heavy atom. The van der Waals surface area contributed by atoms with Gasteiger partial charge in [-0.15, -0.1) is 10.2 Å². The Labute approximate surface area is 158 Å². The Balaban J connectivity index is 1.77. The summed E-state index contributed by atoms with van der Waals surface area (Å²) in [4.78, 5) is 12.7. The molecule has 0 saturated carbocycles. The lowest BCUT2D eigenvalue weighted by atomic mass is 10.2. The standard InChI is InChI=1S/C17H24N4O3S2/c1-5-20-13(4)18-19-17(20)25-9-16(22)15-8-11(2)21(12(15)3)14-6-7-26(23,24)10-14/h8,14H,5-7,9-10H2,1-4H3. The van der Waals surface area contributed by atoms with E-state index in [1.165, 1.54) is 11.8 Å². The lowest BCUT2D eigenvalue weighted by Crippen LogP contribution is -2.14. The molecule has 0 N–H and O–H groups in total. The molecule has 0 bridgehead atoms. The van der Waals surface area contributed by atoms with Gasteiger partial charge in [0.05, 0.1) is 17.3 Å². The Morgan fingerprint density at radius 1 is 1.31 bits per heavy atom. The van der Waals surface area contributed by atoms with Crippen LogP contribution >= 0.6 is 11.8 Å². The first-order valence-electron chi connectivity index (χ1n) is 8.68. The van der Waals surface area contributed by atoms with Gasteiger partial charge in [-0.2, -0.15) is 0 Å². The third-order valence-electron chi connectivity index (χ3n) is 4.91. The van der Waals surface area contributed by atoms with Crippen LogP contribution in [0.25, 0.3) is 0 Å². The number of sulfone groups is 1. The van der Waals surface area contributed by atoms with Crippen LogP contribution in [-0.4, -0.2) is 50.8 Å². The van der Waals surface area contributed by atoms with Crippen LogP contribution < -0.4 is 0 Å². The highest BCUT2D eigenvalue weighted by atomic mass is 32.2. The SMILES string of the molecule is CCn1c(C)nnc1SCC(=O)c1cc(C)n(C2CCS(=O)(=O)C2)c1C. The molecule has 1 unspecified atom stereocenters. The first-order chi connectivity index (χ1) is 12.2. The van der Waals surface area contributed by atoms with Crippen molar-refractivity contribution in [2.45, 2.75) is 51.9 Å². The molecule has 2 aromatic rings. The monoisotopic (exact) mass is 396 g/mol. The van der Waals surface area contributed by atoms with Crippen LogP contribution in [0, 0.1) is 20.8 Å². The van der Waals surface area contributed by atoms with E-state index in [1.807, 2.05) is 42.9 Å². The topological polar surface area (TPSA) is 86.8 Å². The molecule has 1 aliphatic heterocycles. The summed E-state index contributed by atoms with van der Waals surface area (Å²) in [7, 11) is -2.97. The van der Waals surface area contributed by atoms with Gasteiger partial charge in [-0.25, -0.2) is 8.42 Å². The van der Waals surface area contributed by atoms with Crippen LogP contribution in [0.3, 0.4) is 0 Å². The van der Waals surface area contributed by atoms with E-state index in [0.29, 0.717) is 12.0 Å². The number of aromatic nitrogens is 4. The number of thioether (sulfide) groups is 1. The van der Waals surface area contributed by atoms with Gasteiger partial charge in [0.1, 0.15) is 5.82 Å². The highest BCUT2D eigenvalue weighted by molar-refractivity contribution is 7.99. The van der Waals surface area contributed by atoms with Crippen molar-refractivity contribution in [2.75, 3.05) is 17.3 Å². The van der Waals surface area contributed by atoms with Gasteiger partial charge < -0.3 is 9.13 Å². The molecular weight excluding hydrogens is 372 g/mol. The minimum absolute atomic E-state index is 0.0264. The van der Waals surface area contributed by atoms with E-state index < -0.39 is 9.84 Å². The minimum atomic E-state index is -2.97. The van der Waals surface area contributed by atoms with Crippen molar-refractivity contribution in [1.82, 2.24) is 19.3 Å². The van der Waals surface area contributed by atoms with Crippen molar-refractivity contribution in [3.05, 3.63) is 28.8 Å². The molecule has 3 rings (SSSR count). The maximum atomic E-state index is 12.7. The summed E-state index contributed by atoms with van der Waals surface area (Å²) in [6, 6.07) is 1.80. The third kappa shape index (κ3) is 3.59. The molecule has 0 spiro atoms. The predicted octanol–water partition coefficient (Wildman–Crippen LogP) is 2.36. The molecule has 0 radical (unpaired) electrons. The zero-order valence-corrected chi connectivity index (χ0v) is 17.2. The zero-order valence-electron chi connectivity index (χ0n) is 15.5. The summed E-state index contributed by atoms with van der Waals surface area (Å²) in [5.41, 5.74) is 2.45. The quantitative estimate of drug-likeness (QED) is 0.550. The van der Waals surface area contributed by atoms with Gasteiger partial charge in [-0.05, 0) is 40.2 Å². The van der Waals surface area contributed by atoms with Crippen LogP contribution in [0.1, 0.15) is 47.0 Å². The van der Waals surface area contributed by atoms with Crippen LogP contribution in [0.4, 0.5) is 0 Å². The van der Waals surface area contributed by atoms with Crippen molar-refractivity contribution >= 4 is 27.4 Å². The lowest BCUT2D eigenvalue weighted by Gasteiger charge is -2.16. The molecule has 1 fully saturated rings. The molecule has 1 saturated heterocycles. The molecule has 1 aliphatic rings. The molecule has 1 atom stereocenters. The third-order valence-corrected chi connectivity index (χ3v) is 7.63. The summed E-state index contributed by atoms with van der Waals surface area (Å²) in [6.07, 6.45) is 0.611. The molecule has 0 aromatic carbocycles. The fraction of sp³-hybridized carbons (Fsp3) is 0.588. The highest BCUT2D eigenvalue weighted by Gasteiger charge is 2.31. The largest absolute Gasteiger partial charge is 0.344 e. The van der Waals surface area contributed by atoms with E-state index in [9.17, 15) is 13.2 Å². The van der Waals surface area contributed by atoms with Gasteiger partial charge in [-0.3, -0.25) is 4.79 Å². The Kier molecular flexibility index (Phi) is 5.30. The fourth-order valence-electron chi connectivity index (χ4n) is 3.64. The van der Waals surface area contributed by atoms with Gasteiger partial charge >= 0.3 is 0 Å². The van der Waals surface area contributed by atoms with Gasteiger partial charge in [0.25, 0.3) is 0 Å². The predicted molar refractivity (Wildman–Crippen MR) is 102 cm³/mol. The lowest BCUT2D eigenvalue weighted by molar-refractivity contribution is 0.102. The summed E-state index contributed by atoms with van der Waals surface area (Å²) >= 11 is 1.39. The molecule has 0 aliphatic carbocycles. The molecule has 26 heavy (non-hydrogen) atoms. The number of ketones is 1. The molecule has 3 heterocycles. The van der Waals surface area contributed by atoms with Crippen molar-refractivity contribution in [3.63, 3.8) is 0 Å². The maximum Gasteiger partial charge on any atom is 0.191 e. The number of hydrogen-bond acceptors (Lipinski definition) is 6. The van der Waals surface area contributed by atoms with Gasteiger partial charge in [0.2, 0.25) is 0 Å². The summed E-state index contributed by atoms with van der Waals surface area (Å²) in [6.45, 7) is 8.50. The second kappa shape index (κ2) is 7.19. The number of carbonyl (C=O) groups is 1. The Hall–Kier alpha value is -1.61. The molecule has 9 heteroatoms. The second-order valence-electron chi connectivity index (χ2n) is 6.70. The van der Waals surface area contributed by atoms with Crippen LogP contribution in [0.2, 0.25) is 0 Å². The van der Waals surface area contributed by atoms with E-state index in [2.05, 4.69) is 10.2 Å². The number of nitrogens with zero attached hydrogens (tertiary/aromatic N) is 4. The number of Topliss-reactive ketones (excluding diaryl/α,β-unsaturated/α-hetero) is 1. The van der Waals surface area contributed by atoms with Gasteiger partial charge in [0, 0.05) is 29.5 Å². The van der Waals surface area contributed by atoms with Crippen molar-refractivity contribution in [2.24, 2.45) is 0 Å². The van der Waals surface area contributed by atoms with E-state index in [-0.39, 0.29) is 29.1 Å². The molecule has 142 valence electrons. The fourth-order valence-corrected chi connectivity index (χ4v) is 6.27. The van der Waals surface area contributed by atoms with Crippen LogP contribution in [-0.2, 0) is 16.4 Å². The number of aryl methyl sites for hydroxylation is 2. The summed E-state index contributed by atoms with van der Waals surface area (Å²) in [5, 5.41) is 8.93. The van der Waals surface area contributed by atoms with Crippen molar-refractivity contribution in [1.29, 1.82) is 0 Å². The molecular formula is C17H24N4O3S2. The van der Waals surface area contributed by atoms with E-state index in [4.69, 9.17) is 0 Å². The Morgan fingerprint density at radius 3 is 2.65 bits per heavy atom. The molecule has 0 amide bonds. The zero-order chi connectivity index (χ0) is 19.1. The maximum absolute atomic E-state index is 12.7. The molecule has 2 aromatic heterocycles. The second-order valence-corrected chi connectivity index (χ2v) is 9.87. The van der Waals surface area contributed by atoms with Gasteiger partial charge in [0.15, 0.2) is 20.8 Å². The number of hydrogen-bond donors (Lipinski definition) is 0. The van der Waals surface area contributed by atoms with E-state index >= 15 is 0 Å². The van der Waals surface area contributed by atoms with Crippen LogP contribution in [0.15, 0.2) is 11.2 Å². The number of carbonyl (C=O) groups excluding carboxylic acids is 1. The van der Waals surface area contributed by atoms with Crippen molar-refractivity contribution < 1.29 is 13.2 Å². The van der Waals surface area contributed by atoms with E-state index in [0.717, 1.165) is 28.9 Å². The van der Waals surface area contributed by atoms with Crippen molar-refractivity contribution in [3.8, 4) is 0 Å². The molecule has 7 nitrogen and oxygen atoms in total. The smallest absolute Gasteiger partial charge is 0.191 e. The first-order valence-corrected chi connectivity index (χ1v) is 11.5. The van der Waals surface area contributed by atoms with Gasteiger partial charge in [-0.1, -0.05) is 11.8 Å². The average molecular weight is 397 g/mol.